The molecule has 0 heterocycles. The molecule has 0 saturated carbocycles. The molecule has 0 saturated heterocycles. The largest absolute Gasteiger partial charge is 0.338 e. The van der Waals surface area contributed by atoms with Gasteiger partial charge in [0, 0.05) is 26.7 Å². The quantitative estimate of drug-likeness (QED) is 0.136. The van der Waals surface area contributed by atoms with Crippen molar-refractivity contribution in [2.45, 2.75) is 136 Å². The third-order valence-corrected chi connectivity index (χ3v) is 5.86. The van der Waals surface area contributed by atoms with Gasteiger partial charge in [-0.2, -0.15) is 0 Å². The van der Waals surface area contributed by atoms with Crippen molar-refractivity contribution < 1.29 is 9.47 Å². The van der Waals surface area contributed by atoms with Gasteiger partial charge in [-0.1, -0.05) is 103 Å². The van der Waals surface area contributed by atoms with E-state index < -0.39 is 5.91 Å². The molecule has 0 aromatic rings. The average molecular weight is 400 g/mol. The van der Waals surface area contributed by atoms with Crippen LogP contribution in [0.2, 0.25) is 0 Å². The first kappa shape index (κ1) is 27.9. The average Bonchev–Trinajstić information content (AvgIpc) is 2.67. The number of hydrogen-bond donors (Lipinski definition) is 0. The Hall–Kier alpha value is -0.120. The number of ether oxygens (including phenoxy) is 2. The van der Waals surface area contributed by atoms with Gasteiger partial charge in [0.1, 0.15) is 0 Å². The molecule has 0 N–H and O–H groups in total. The summed E-state index contributed by atoms with van der Waals surface area (Å²) in [6, 6.07) is 0. The Morgan fingerprint density at radius 2 is 0.857 bits per heavy atom. The van der Waals surface area contributed by atoms with Crippen molar-refractivity contribution in [3.8, 4) is 0 Å². The first-order valence-corrected chi connectivity index (χ1v) is 12.6. The zero-order valence-electron chi connectivity index (χ0n) is 20.2. The molecule has 28 heavy (non-hydrogen) atoms. The molecule has 0 rings (SSSR count). The van der Waals surface area contributed by atoms with E-state index in [9.17, 15) is 0 Å². The van der Waals surface area contributed by atoms with Crippen LogP contribution in [0.5, 0.6) is 0 Å². The summed E-state index contributed by atoms with van der Waals surface area (Å²) in [7, 11) is 2.11. The van der Waals surface area contributed by atoms with E-state index in [1.807, 2.05) is 20.8 Å². The predicted octanol–water partition coefficient (Wildman–Crippen LogP) is 7.93. The fourth-order valence-electron chi connectivity index (χ4n) is 3.90. The summed E-state index contributed by atoms with van der Waals surface area (Å²) in [6.45, 7) is 10.8. The van der Waals surface area contributed by atoms with Crippen molar-refractivity contribution in [2.24, 2.45) is 0 Å². The van der Waals surface area contributed by atoms with Crippen molar-refractivity contribution in [1.82, 2.24) is 4.90 Å². The van der Waals surface area contributed by atoms with Crippen LogP contribution in [0.4, 0.5) is 0 Å². The molecule has 0 aliphatic heterocycles. The van der Waals surface area contributed by atoms with Gasteiger partial charge in [-0.3, -0.25) is 4.90 Å². The van der Waals surface area contributed by atoms with Crippen molar-refractivity contribution in [1.29, 1.82) is 0 Å². The number of rotatable bonds is 22. The lowest BCUT2D eigenvalue weighted by Crippen LogP contribution is -2.49. The van der Waals surface area contributed by atoms with Gasteiger partial charge in [-0.25, -0.2) is 0 Å². The summed E-state index contributed by atoms with van der Waals surface area (Å²) < 4.78 is 11.6. The fraction of sp³-hybridized carbons (Fsp3) is 1.00. The molecule has 3 nitrogen and oxygen atoms in total. The maximum atomic E-state index is 5.81. The highest BCUT2D eigenvalue weighted by molar-refractivity contribution is 4.64. The highest BCUT2D eigenvalue weighted by atomic mass is 16.7. The third-order valence-electron chi connectivity index (χ3n) is 5.86. The van der Waals surface area contributed by atoms with Crippen LogP contribution in [-0.2, 0) is 9.47 Å². The van der Waals surface area contributed by atoms with E-state index in [2.05, 4.69) is 18.9 Å². The summed E-state index contributed by atoms with van der Waals surface area (Å²) in [6.07, 6.45) is 22.6. The molecular weight excluding hydrogens is 346 g/mol. The van der Waals surface area contributed by atoms with E-state index >= 15 is 0 Å². The van der Waals surface area contributed by atoms with Gasteiger partial charge in [0.15, 0.2) is 0 Å². The fourth-order valence-corrected chi connectivity index (χ4v) is 3.90. The second-order valence-electron chi connectivity index (χ2n) is 8.49. The zero-order chi connectivity index (χ0) is 20.9. The molecule has 0 radical (unpaired) electrons. The highest BCUT2D eigenvalue weighted by Crippen LogP contribution is 2.18. The van der Waals surface area contributed by atoms with E-state index in [4.69, 9.17) is 9.47 Å². The summed E-state index contributed by atoms with van der Waals surface area (Å²) in [5, 5.41) is 0. The predicted molar refractivity (Wildman–Crippen MR) is 124 cm³/mol. The second-order valence-corrected chi connectivity index (χ2v) is 8.49. The Morgan fingerprint density at radius 1 is 0.536 bits per heavy atom. The van der Waals surface area contributed by atoms with E-state index in [0.29, 0.717) is 13.2 Å². The van der Waals surface area contributed by atoms with Crippen LogP contribution in [0.1, 0.15) is 130 Å². The van der Waals surface area contributed by atoms with Gasteiger partial charge in [0.05, 0.1) is 0 Å². The Kier molecular flexibility index (Phi) is 20.1. The highest BCUT2D eigenvalue weighted by Gasteiger charge is 2.29. The van der Waals surface area contributed by atoms with Crippen LogP contribution in [0.25, 0.3) is 0 Å². The third kappa shape index (κ3) is 15.8. The van der Waals surface area contributed by atoms with Gasteiger partial charge < -0.3 is 9.47 Å². The molecule has 0 spiro atoms. The van der Waals surface area contributed by atoms with Crippen LogP contribution >= 0.6 is 0 Å². The first-order valence-electron chi connectivity index (χ1n) is 12.6. The maximum Gasteiger partial charge on any atom is 0.226 e. The summed E-state index contributed by atoms with van der Waals surface area (Å²) >= 11 is 0. The lowest BCUT2D eigenvalue weighted by Gasteiger charge is -2.37. The minimum Gasteiger partial charge on any atom is -0.338 e. The Balaban J connectivity index is 3.39. The van der Waals surface area contributed by atoms with Crippen LogP contribution in [0.3, 0.4) is 0 Å². The lowest BCUT2D eigenvalue weighted by molar-refractivity contribution is -0.298. The molecule has 0 aromatic heterocycles. The van der Waals surface area contributed by atoms with Gasteiger partial charge in [-0.15, -0.1) is 0 Å². The molecule has 0 amide bonds. The van der Waals surface area contributed by atoms with Crippen molar-refractivity contribution >= 4 is 0 Å². The molecule has 0 fully saturated rings. The van der Waals surface area contributed by atoms with Gasteiger partial charge in [-0.05, 0) is 27.3 Å². The molecule has 0 aliphatic carbocycles. The maximum absolute atomic E-state index is 5.81. The molecular formula is C25H53NO2. The zero-order valence-corrected chi connectivity index (χ0v) is 20.2. The van der Waals surface area contributed by atoms with E-state index in [-0.39, 0.29) is 0 Å². The first-order chi connectivity index (χ1) is 13.6. The SMILES string of the molecule is CCCCCCCCCCCCCCCCCCN(C)C(C)(OCC)OCC. The van der Waals surface area contributed by atoms with Gasteiger partial charge in [0.25, 0.3) is 0 Å². The molecule has 3 heteroatoms. The summed E-state index contributed by atoms with van der Waals surface area (Å²) in [5.41, 5.74) is 0. The molecule has 0 bridgehead atoms. The Morgan fingerprint density at radius 3 is 1.18 bits per heavy atom. The molecule has 0 aromatic carbocycles. The van der Waals surface area contributed by atoms with E-state index in [1.54, 1.807) is 0 Å². The second kappa shape index (κ2) is 20.2. The van der Waals surface area contributed by atoms with E-state index in [1.165, 1.54) is 103 Å². The monoisotopic (exact) mass is 399 g/mol. The smallest absolute Gasteiger partial charge is 0.226 e. The number of unbranched alkanes of at least 4 members (excludes halogenated alkanes) is 15. The number of nitrogens with zero attached hydrogens (tertiary/aromatic N) is 1. The standard InChI is InChI=1S/C25H53NO2/c1-6-9-10-11-12-13-14-15-16-17-18-19-20-21-22-23-24-26(5)25(4,27-7-2)28-8-3/h6-24H2,1-5H3. The van der Waals surface area contributed by atoms with Crippen LogP contribution in [0.15, 0.2) is 0 Å². The molecule has 0 atom stereocenters. The van der Waals surface area contributed by atoms with Crippen LogP contribution in [-0.4, -0.2) is 37.6 Å². The minimum absolute atomic E-state index is 0.570. The Labute approximate surface area is 177 Å². The topological polar surface area (TPSA) is 21.7 Å². The van der Waals surface area contributed by atoms with Crippen LogP contribution in [0, 0.1) is 0 Å². The van der Waals surface area contributed by atoms with E-state index in [0.717, 1.165) is 6.54 Å². The summed E-state index contributed by atoms with van der Waals surface area (Å²) in [4.78, 5) is 2.21. The molecule has 0 unspecified atom stereocenters. The number of hydrogen-bond acceptors (Lipinski definition) is 3. The van der Waals surface area contributed by atoms with Gasteiger partial charge in [0.2, 0.25) is 5.91 Å². The van der Waals surface area contributed by atoms with Gasteiger partial charge >= 0.3 is 0 Å². The molecule has 0 aliphatic rings. The van der Waals surface area contributed by atoms with Crippen molar-refractivity contribution in [3.63, 3.8) is 0 Å². The van der Waals surface area contributed by atoms with Crippen LogP contribution < -0.4 is 0 Å². The summed E-state index contributed by atoms with van der Waals surface area (Å²) in [5.74, 6) is -0.570. The Bertz CT molecular complexity index is 303. The van der Waals surface area contributed by atoms with Crippen molar-refractivity contribution in [2.75, 3.05) is 26.8 Å². The normalized spacial score (nSPS) is 12.2. The lowest BCUT2D eigenvalue weighted by atomic mass is 10.0. The minimum atomic E-state index is -0.570. The molecule has 170 valence electrons. The van der Waals surface area contributed by atoms with Crippen molar-refractivity contribution in [3.05, 3.63) is 0 Å².